The minimum absolute atomic E-state index is 0.597. The minimum atomic E-state index is 0.597. The Morgan fingerprint density at radius 2 is 1.68 bits per heavy atom. The van der Waals surface area contributed by atoms with Crippen molar-refractivity contribution in [1.29, 1.82) is 0 Å². The van der Waals surface area contributed by atoms with Crippen molar-refractivity contribution in [3.8, 4) is 0 Å². The maximum Gasteiger partial charge on any atom is 0.00823 e. The van der Waals surface area contributed by atoms with Gasteiger partial charge in [0.25, 0.3) is 0 Å². The van der Waals surface area contributed by atoms with E-state index in [0.717, 1.165) is 12.1 Å². The second-order valence-corrected chi connectivity index (χ2v) is 7.57. The van der Waals surface area contributed by atoms with Crippen LogP contribution in [0.2, 0.25) is 0 Å². The van der Waals surface area contributed by atoms with Crippen molar-refractivity contribution in [3.63, 3.8) is 0 Å². The zero-order chi connectivity index (χ0) is 13.7. The van der Waals surface area contributed by atoms with Gasteiger partial charge in [-0.25, -0.2) is 0 Å². The summed E-state index contributed by atoms with van der Waals surface area (Å²) in [6, 6.07) is 1.59. The van der Waals surface area contributed by atoms with Gasteiger partial charge >= 0.3 is 0 Å². The zero-order valence-corrected chi connectivity index (χ0v) is 13.4. The van der Waals surface area contributed by atoms with Crippen molar-refractivity contribution >= 4 is 0 Å². The Morgan fingerprint density at radius 3 is 2.37 bits per heavy atom. The van der Waals surface area contributed by atoms with Crippen LogP contribution in [-0.4, -0.2) is 36.6 Å². The van der Waals surface area contributed by atoms with Crippen molar-refractivity contribution in [2.24, 2.45) is 5.41 Å². The maximum atomic E-state index is 3.97. The van der Waals surface area contributed by atoms with Gasteiger partial charge in [-0.2, -0.15) is 0 Å². The van der Waals surface area contributed by atoms with Gasteiger partial charge < -0.3 is 10.2 Å². The Bertz CT molecular complexity index is 252. The van der Waals surface area contributed by atoms with Crippen LogP contribution in [0, 0.1) is 5.41 Å². The van der Waals surface area contributed by atoms with Gasteiger partial charge in [0.2, 0.25) is 0 Å². The van der Waals surface area contributed by atoms with Gasteiger partial charge in [-0.05, 0) is 76.4 Å². The molecule has 19 heavy (non-hydrogen) atoms. The Labute approximate surface area is 120 Å². The summed E-state index contributed by atoms with van der Waals surface area (Å²) in [6.07, 6.45) is 11.0. The second-order valence-electron chi connectivity index (χ2n) is 7.57. The van der Waals surface area contributed by atoms with E-state index in [2.05, 4.69) is 31.0 Å². The van der Waals surface area contributed by atoms with E-state index in [1.54, 1.807) is 0 Å². The lowest BCUT2D eigenvalue weighted by molar-refractivity contribution is 0.194. The molecule has 0 bridgehead atoms. The zero-order valence-electron chi connectivity index (χ0n) is 13.4. The highest BCUT2D eigenvalue weighted by molar-refractivity contribution is 4.85. The van der Waals surface area contributed by atoms with E-state index in [9.17, 15) is 0 Å². The lowest BCUT2D eigenvalue weighted by Crippen LogP contribution is -2.42. The second kappa shape index (κ2) is 7.08. The topological polar surface area (TPSA) is 15.3 Å². The molecule has 0 aromatic heterocycles. The maximum absolute atomic E-state index is 3.97. The molecule has 1 unspecified atom stereocenters. The molecule has 1 N–H and O–H groups in total. The summed E-state index contributed by atoms with van der Waals surface area (Å²) >= 11 is 0. The third kappa shape index (κ3) is 5.07. The molecule has 1 heterocycles. The molecule has 0 spiro atoms. The van der Waals surface area contributed by atoms with Gasteiger partial charge in [0, 0.05) is 12.1 Å². The van der Waals surface area contributed by atoms with Crippen LogP contribution in [-0.2, 0) is 0 Å². The molecule has 2 fully saturated rings. The summed E-state index contributed by atoms with van der Waals surface area (Å²) in [5.41, 5.74) is 0.597. The Morgan fingerprint density at radius 1 is 1.00 bits per heavy atom. The lowest BCUT2D eigenvalue weighted by Gasteiger charge is -2.36. The first-order chi connectivity index (χ1) is 9.09. The molecule has 0 radical (unpaired) electrons. The predicted molar refractivity (Wildman–Crippen MR) is 83.5 cm³/mol. The van der Waals surface area contributed by atoms with Crippen molar-refractivity contribution < 1.29 is 0 Å². The first-order valence-electron chi connectivity index (χ1n) is 8.57. The van der Waals surface area contributed by atoms with Crippen LogP contribution >= 0.6 is 0 Å². The molecule has 0 aromatic rings. The minimum Gasteiger partial charge on any atom is -0.311 e. The monoisotopic (exact) mass is 266 g/mol. The molecule has 1 saturated heterocycles. The molecule has 2 aliphatic rings. The van der Waals surface area contributed by atoms with E-state index in [4.69, 9.17) is 0 Å². The molecule has 2 nitrogen and oxygen atoms in total. The molecule has 1 saturated carbocycles. The molecule has 2 rings (SSSR count). The fourth-order valence-corrected chi connectivity index (χ4v) is 3.76. The van der Waals surface area contributed by atoms with Gasteiger partial charge in [-0.15, -0.1) is 0 Å². The Balaban J connectivity index is 1.71. The summed E-state index contributed by atoms with van der Waals surface area (Å²) in [4.78, 5) is 2.66. The molecular weight excluding hydrogens is 232 g/mol. The molecule has 0 amide bonds. The number of nitrogens with one attached hydrogen (secondary N) is 1. The van der Waals surface area contributed by atoms with Gasteiger partial charge in [0.05, 0.1) is 0 Å². The number of hydrogen-bond acceptors (Lipinski definition) is 2. The summed E-state index contributed by atoms with van der Waals surface area (Å²) < 4.78 is 0. The average molecular weight is 266 g/mol. The summed E-state index contributed by atoms with van der Waals surface area (Å²) in [5, 5.41) is 3.97. The molecule has 0 aromatic carbocycles. The third-order valence-electron chi connectivity index (χ3n) is 5.17. The van der Waals surface area contributed by atoms with E-state index < -0.39 is 0 Å². The first kappa shape index (κ1) is 15.3. The average Bonchev–Trinajstić information content (AvgIpc) is 2.58. The van der Waals surface area contributed by atoms with Gasteiger partial charge in [0.1, 0.15) is 0 Å². The van der Waals surface area contributed by atoms with Crippen LogP contribution in [0.15, 0.2) is 0 Å². The highest BCUT2D eigenvalue weighted by Gasteiger charge is 2.28. The number of hydrogen-bond donors (Lipinski definition) is 1. The fraction of sp³-hybridized carbons (Fsp3) is 1.00. The van der Waals surface area contributed by atoms with Crippen molar-refractivity contribution in [2.75, 3.05) is 19.6 Å². The van der Waals surface area contributed by atoms with Crippen molar-refractivity contribution in [1.82, 2.24) is 10.2 Å². The normalized spacial score (nSPS) is 30.2. The highest BCUT2D eigenvalue weighted by atomic mass is 15.1. The molecule has 1 aliphatic carbocycles. The Hall–Kier alpha value is -0.0800. The van der Waals surface area contributed by atoms with Gasteiger partial charge in [-0.1, -0.05) is 20.8 Å². The molecular formula is C17H34N2. The summed E-state index contributed by atoms with van der Waals surface area (Å²) in [6.45, 7) is 11.1. The molecule has 1 aliphatic heterocycles. The summed E-state index contributed by atoms with van der Waals surface area (Å²) in [5.74, 6) is 0. The number of likely N-dealkylation sites (tertiary alicyclic amines) is 1. The van der Waals surface area contributed by atoms with Crippen LogP contribution in [0.3, 0.4) is 0 Å². The fourth-order valence-electron chi connectivity index (χ4n) is 3.76. The van der Waals surface area contributed by atoms with E-state index in [1.807, 2.05) is 0 Å². The van der Waals surface area contributed by atoms with E-state index in [-0.39, 0.29) is 0 Å². The SMILES string of the molecule is CCCN1CCCC(NC2CCC(C)(C)CC2)CC1. The van der Waals surface area contributed by atoms with Crippen LogP contribution < -0.4 is 5.32 Å². The highest BCUT2D eigenvalue weighted by Crippen LogP contribution is 2.35. The van der Waals surface area contributed by atoms with Crippen LogP contribution in [0.4, 0.5) is 0 Å². The third-order valence-corrected chi connectivity index (χ3v) is 5.17. The lowest BCUT2D eigenvalue weighted by atomic mass is 9.75. The van der Waals surface area contributed by atoms with E-state index in [1.165, 1.54) is 71.0 Å². The first-order valence-corrected chi connectivity index (χ1v) is 8.57. The van der Waals surface area contributed by atoms with E-state index in [0.29, 0.717) is 5.41 Å². The largest absolute Gasteiger partial charge is 0.311 e. The number of rotatable bonds is 4. The Kier molecular flexibility index (Phi) is 5.70. The molecule has 1 atom stereocenters. The molecule has 2 heteroatoms. The van der Waals surface area contributed by atoms with Crippen molar-refractivity contribution in [3.05, 3.63) is 0 Å². The van der Waals surface area contributed by atoms with E-state index >= 15 is 0 Å². The summed E-state index contributed by atoms with van der Waals surface area (Å²) in [7, 11) is 0. The van der Waals surface area contributed by atoms with Crippen LogP contribution in [0.1, 0.15) is 72.1 Å². The standard InChI is InChI=1S/C17H34N2/c1-4-12-19-13-5-6-15(9-14-19)18-16-7-10-17(2,3)11-8-16/h15-16,18H,4-14H2,1-3H3. The molecule has 112 valence electrons. The van der Waals surface area contributed by atoms with Crippen molar-refractivity contribution in [2.45, 2.75) is 84.2 Å². The quantitative estimate of drug-likeness (QED) is 0.832. The van der Waals surface area contributed by atoms with Gasteiger partial charge in [-0.3, -0.25) is 0 Å². The smallest absolute Gasteiger partial charge is 0.00823 e. The van der Waals surface area contributed by atoms with Gasteiger partial charge in [0.15, 0.2) is 0 Å². The van der Waals surface area contributed by atoms with Crippen LogP contribution in [0.5, 0.6) is 0 Å². The number of nitrogens with zero attached hydrogens (tertiary/aromatic N) is 1. The predicted octanol–water partition coefficient (Wildman–Crippen LogP) is 3.81. The van der Waals surface area contributed by atoms with Crippen LogP contribution in [0.25, 0.3) is 0 Å².